The minimum atomic E-state index is -3.44. The van der Waals surface area contributed by atoms with Crippen molar-refractivity contribution in [2.75, 3.05) is 22.9 Å². The van der Waals surface area contributed by atoms with E-state index in [0.29, 0.717) is 11.3 Å². The van der Waals surface area contributed by atoms with Crippen LogP contribution in [0.5, 0.6) is 0 Å². The van der Waals surface area contributed by atoms with Gasteiger partial charge in [-0.15, -0.1) is 0 Å². The van der Waals surface area contributed by atoms with Crippen molar-refractivity contribution in [3.8, 4) is 0 Å². The maximum Gasteiger partial charge on any atom is 0.325 e. The van der Waals surface area contributed by atoms with Gasteiger partial charge in [0.25, 0.3) is 0 Å². The van der Waals surface area contributed by atoms with Crippen LogP contribution in [0.15, 0.2) is 28.6 Å². The number of hydrogen-bond donors (Lipinski definition) is 3. The number of Topliss-reactive ketones (excluding diaryl/α,β-unsaturated/α-hetero) is 1. The zero-order chi connectivity index (χ0) is 21.0. The summed E-state index contributed by atoms with van der Waals surface area (Å²) in [7, 11) is -3.44. The number of benzene rings is 1. The molecule has 2 aromatic rings. The molecule has 30 heavy (non-hydrogen) atoms. The highest BCUT2D eigenvalue weighted by molar-refractivity contribution is 7.93. The zero-order valence-corrected chi connectivity index (χ0v) is 19.0. The van der Waals surface area contributed by atoms with E-state index in [1.54, 1.807) is 12.1 Å². The van der Waals surface area contributed by atoms with Crippen molar-refractivity contribution in [2.24, 2.45) is 5.92 Å². The number of ketones is 1. The number of halogens is 1. The van der Waals surface area contributed by atoms with E-state index in [1.807, 2.05) is 13.0 Å². The van der Waals surface area contributed by atoms with Crippen LogP contribution in [0.3, 0.4) is 0 Å². The topological polar surface area (TPSA) is 133 Å². The number of aryl methyl sites for hydroxylation is 1. The van der Waals surface area contributed by atoms with Crippen LogP contribution >= 0.6 is 11.3 Å². The molecule has 0 bridgehead atoms. The maximum atomic E-state index is 12.9. The number of nitrogens with zero attached hydrogens (tertiary/aromatic N) is 1. The fraction of sp³-hybridized carbons (Fsp3) is 0.421. The molecule has 11 heteroatoms. The predicted octanol–water partition coefficient (Wildman–Crippen LogP) is -0.512. The third-order valence-electron chi connectivity index (χ3n) is 4.84. The minimum Gasteiger partial charge on any atom is -1.00 e. The number of sulfone groups is 1. The van der Waals surface area contributed by atoms with Gasteiger partial charge in [-0.1, -0.05) is 35.8 Å². The molecule has 2 amide bonds. The highest BCUT2D eigenvalue weighted by Gasteiger charge is 2.26. The molecule has 1 aliphatic carbocycles. The average molecular weight is 473 g/mol. The molecular weight excluding hydrogens is 448 g/mol. The number of amides is 2. The molecule has 5 N–H and O–H groups in total. The Morgan fingerprint density at radius 3 is 2.60 bits per heavy atom. The molecule has 164 valence electrons. The molecule has 0 spiro atoms. The normalized spacial score (nSPS) is 14.2. The number of nitrogens with one attached hydrogen (secondary N) is 2. The Bertz CT molecular complexity index is 1020. The van der Waals surface area contributed by atoms with Crippen LogP contribution in [0.4, 0.5) is 15.6 Å². The molecule has 1 fully saturated rings. The number of anilines is 2. The second kappa shape index (κ2) is 10.3. The Balaban J connectivity index is 0.00000320. The van der Waals surface area contributed by atoms with Crippen LogP contribution in [-0.2, 0) is 9.84 Å². The number of carbonyl (C=O) groups is 2. The number of quaternary nitrogens is 1. The van der Waals surface area contributed by atoms with Crippen LogP contribution in [0.25, 0.3) is 0 Å². The quantitative estimate of drug-likeness (QED) is 0.467. The first kappa shape index (κ1) is 24.3. The third kappa shape index (κ3) is 5.78. The number of rotatable bonds is 7. The average Bonchev–Trinajstić information content (AvgIpc) is 3.35. The fourth-order valence-electron chi connectivity index (χ4n) is 3.38. The first-order valence-electron chi connectivity index (χ1n) is 9.51. The highest BCUT2D eigenvalue weighted by atomic mass is 35.5. The fourth-order valence-corrected chi connectivity index (χ4v) is 5.72. The number of hydrogen-bond acceptors (Lipinski definition) is 6. The molecule has 3 rings (SSSR count). The molecule has 0 unspecified atom stereocenters. The van der Waals surface area contributed by atoms with Crippen LogP contribution in [-0.4, -0.2) is 37.5 Å². The molecule has 8 nitrogen and oxygen atoms in total. The van der Waals surface area contributed by atoms with Gasteiger partial charge in [0.05, 0.1) is 18.4 Å². The lowest BCUT2D eigenvalue weighted by atomic mass is 9.94. The van der Waals surface area contributed by atoms with Crippen molar-refractivity contribution in [3.63, 3.8) is 0 Å². The molecule has 1 saturated carbocycles. The molecule has 0 saturated heterocycles. The van der Waals surface area contributed by atoms with E-state index in [4.69, 9.17) is 0 Å². The van der Waals surface area contributed by atoms with E-state index in [0.717, 1.165) is 42.6 Å². The van der Waals surface area contributed by atoms with Gasteiger partial charge in [0.15, 0.2) is 20.8 Å². The minimum absolute atomic E-state index is 0. The number of carbonyl (C=O) groups excluding carboxylic acids is 2. The molecule has 1 aromatic carbocycles. The lowest BCUT2D eigenvalue weighted by Gasteiger charge is -2.14. The largest absolute Gasteiger partial charge is 1.00 e. The van der Waals surface area contributed by atoms with Crippen molar-refractivity contribution < 1.29 is 36.1 Å². The van der Waals surface area contributed by atoms with Gasteiger partial charge >= 0.3 is 6.03 Å². The van der Waals surface area contributed by atoms with Crippen LogP contribution in [0.2, 0.25) is 0 Å². The van der Waals surface area contributed by atoms with Gasteiger partial charge in [-0.25, -0.2) is 18.2 Å². The number of aromatic nitrogens is 1. The molecular formula is C19H25ClN4O4S2. The van der Waals surface area contributed by atoms with Crippen molar-refractivity contribution in [1.82, 2.24) is 4.98 Å². The summed E-state index contributed by atoms with van der Waals surface area (Å²) < 4.78 is 24.2. The summed E-state index contributed by atoms with van der Waals surface area (Å²) in [5, 5.41) is 5.41. The van der Waals surface area contributed by atoms with E-state index in [-0.39, 0.29) is 45.7 Å². The standard InChI is InChI=1S/C19H24N4O4S2.ClH/c1-12-6-7-15(14(10-12)17(24)13-4-2-3-5-13)22-18(25)23-19-21-11-16(28-19)29(26,27)9-8-20;/h6-7,10-11,13H,2-5,8-9,20H2,1H3,(H2,21,22,23,25);1H. The second-order valence-corrected chi connectivity index (χ2v) is 10.5. The van der Waals surface area contributed by atoms with Gasteiger partial charge in [0.2, 0.25) is 0 Å². The lowest BCUT2D eigenvalue weighted by Crippen LogP contribution is -3.00. The van der Waals surface area contributed by atoms with E-state index in [1.165, 1.54) is 6.20 Å². The van der Waals surface area contributed by atoms with Crippen molar-refractivity contribution in [1.29, 1.82) is 0 Å². The predicted molar refractivity (Wildman–Crippen MR) is 112 cm³/mol. The highest BCUT2D eigenvalue weighted by Crippen LogP contribution is 2.31. The zero-order valence-electron chi connectivity index (χ0n) is 16.6. The van der Waals surface area contributed by atoms with Crippen LogP contribution in [0, 0.1) is 12.8 Å². The van der Waals surface area contributed by atoms with Gasteiger partial charge < -0.3 is 23.5 Å². The summed E-state index contributed by atoms with van der Waals surface area (Å²) in [6, 6.07) is 4.75. The molecule has 1 aromatic heterocycles. The number of thiazole rings is 1. The Morgan fingerprint density at radius 2 is 1.93 bits per heavy atom. The summed E-state index contributed by atoms with van der Waals surface area (Å²) in [4.78, 5) is 29.3. The summed E-state index contributed by atoms with van der Waals surface area (Å²) in [5.41, 5.74) is 5.44. The van der Waals surface area contributed by atoms with E-state index in [9.17, 15) is 18.0 Å². The Kier molecular flexibility index (Phi) is 8.36. The maximum absolute atomic E-state index is 12.9. The van der Waals surface area contributed by atoms with E-state index >= 15 is 0 Å². The SMILES string of the molecule is Cc1ccc(NC(=O)Nc2ncc(S(=O)(=O)CC[NH3+])s2)c(C(=O)C2CCCC2)c1.[Cl-]. The Labute approximate surface area is 186 Å². The molecule has 0 atom stereocenters. The first-order valence-corrected chi connectivity index (χ1v) is 12.0. The summed E-state index contributed by atoms with van der Waals surface area (Å²) in [6.07, 6.45) is 5.08. The van der Waals surface area contributed by atoms with E-state index < -0.39 is 15.9 Å². The molecule has 1 heterocycles. The summed E-state index contributed by atoms with van der Waals surface area (Å²) in [5.74, 6) is -0.0193. The Hall–Kier alpha value is -2.01. The monoisotopic (exact) mass is 472 g/mol. The number of urea groups is 1. The smallest absolute Gasteiger partial charge is 0.325 e. The van der Waals surface area contributed by atoms with Crippen LogP contribution < -0.4 is 28.8 Å². The second-order valence-electron chi connectivity index (χ2n) is 7.13. The lowest BCUT2D eigenvalue weighted by molar-refractivity contribution is -0.360. The van der Waals surface area contributed by atoms with Crippen molar-refractivity contribution >= 4 is 43.8 Å². The van der Waals surface area contributed by atoms with Gasteiger partial charge in [-0.05, 0) is 31.9 Å². The Morgan fingerprint density at radius 1 is 1.23 bits per heavy atom. The summed E-state index contributed by atoms with van der Waals surface area (Å²) in [6.45, 7) is 2.16. The molecule has 0 radical (unpaired) electrons. The molecule has 0 aliphatic heterocycles. The first-order chi connectivity index (χ1) is 13.8. The van der Waals surface area contributed by atoms with E-state index in [2.05, 4.69) is 21.4 Å². The summed E-state index contributed by atoms with van der Waals surface area (Å²) >= 11 is 0.886. The van der Waals surface area contributed by atoms with Gasteiger partial charge in [-0.3, -0.25) is 10.1 Å². The van der Waals surface area contributed by atoms with Gasteiger partial charge in [0, 0.05) is 11.5 Å². The van der Waals surface area contributed by atoms with Crippen molar-refractivity contribution in [3.05, 3.63) is 35.5 Å². The van der Waals surface area contributed by atoms with Crippen LogP contribution in [0.1, 0.15) is 41.6 Å². The van der Waals surface area contributed by atoms with Gasteiger partial charge in [-0.2, -0.15) is 0 Å². The van der Waals surface area contributed by atoms with Gasteiger partial charge in [0.1, 0.15) is 9.96 Å². The molecule has 1 aliphatic rings. The van der Waals surface area contributed by atoms with Crippen molar-refractivity contribution in [2.45, 2.75) is 36.8 Å². The third-order valence-corrected chi connectivity index (χ3v) is 8.10.